The average Bonchev–Trinajstić information content (AvgIpc) is 3.12. The highest BCUT2D eigenvalue weighted by atomic mass is 32.2. The van der Waals surface area contributed by atoms with Crippen LogP contribution in [0.3, 0.4) is 0 Å². The molecule has 1 aliphatic rings. The maximum atomic E-state index is 14.3. The molecule has 2 rings (SSSR count). The van der Waals surface area contributed by atoms with Crippen LogP contribution in [0, 0.1) is 5.82 Å². The van der Waals surface area contributed by atoms with E-state index < -0.39 is 38.7 Å². The van der Waals surface area contributed by atoms with Gasteiger partial charge in [0.05, 0.1) is 10.5 Å². The Hall–Kier alpha value is -2.00. The molecule has 0 bridgehead atoms. The van der Waals surface area contributed by atoms with Crippen molar-refractivity contribution >= 4 is 21.9 Å². The van der Waals surface area contributed by atoms with E-state index in [0.717, 1.165) is 31.0 Å². The van der Waals surface area contributed by atoms with Crippen molar-refractivity contribution in [2.45, 2.75) is 50.0 Å². The highest BCUT2D eigenvalue weighted by Gasteiger charge is 2.27. The Bertz CT molecular complexity index is 775. The molecule has 144 valence electrons. The first kappa shape index (κ1) is 20.3. The van der Waals surface area contributed by atoms with E-state index in [-0.39, 0.29) is 12.0 Å². The number of rotatable bonds is 8. The van der Waals surface area contributed by atoms with Crippen molar-refractivity contribution in [2.75, 3.05) is 13.1 Å². The minimum absolute atomic E-state index is 0.138. The maximum Gasteiger partial charge on any atom is 0.321 e. The van der Waals surface area contributed by atoms with Crippen molar-refractivity contribution in [3.8, 4) is 0 Å². The molecule has 1 fully saturated rings. The molecule has 0 saturated carbocycles. The fourth-order valence-electron chi connectivity index (χ4n) is 2.82. The van der Waals surface area contributed by atoms with Crippen LogP contribution < -0.4 is 4.72 Å². The second-order valence-corrected chi connectivity index (χ2v) is 8.01. The van der Waals surface area contributed by atoms with Crippen molar-refractivity contribution in [2.24, 2.45) is 0 Å². The highest BCUT2D eigenvalue weighted by Crippen LogP contribution is 2.19. The fourth-order valence-corrected chi connectivity index (χ4v) is 4.06. The molecule has 1 aliphatic heterocycles. The summed E-state index contributed by atoms with van der Waals surface area (Å²) in [5.41, 5.74) is -0.188. The SMILES string of the molecule is CCCCC(NS(=O)(=O)c1ccc(C(=O)N2CCCC2)c(F)c1)C(=O)O. The van der Waals surface area contributed by atoms with E-state index >= 15 is 0 Å². The van der Waals surface area contributed by atoms with Crippen molar-refractivity contribution in [3.63, 3.8) is 0 Å². The lowest BCUT2D eigenvalue weighted by molar-refractivity contribution is -0.139. The Morgan fingerprint density at radius 1 is 1.31 bits per heavy atom. The Balaban J connectivity index is 2.20. The first-order valence-electron chi connectivity index (χ1n) is 8.60. The van der Waals surface area contributed by atoms with Crippen LogP contribution in [-0.2, 0) is 14.8 Å². The number of halogens is 1. The highest BCUT2D eigenvalue weighted by molar-refractivity contribution is 7.89. The van der Waals surface area contributed by atoms with Gasteiger partial charge in [0, 0.05) is 13.1 Å². The van der Waals surface area contributed by atoms with E-state index in [9.17, 15) is 22.4 Å². The third-order valence-electron chi connectivity index (χ3n) is 4.32. The zero-order valence-corrected chi connectivity index (χ0v) is 15.4. The van der Waals surface area contributed by atoms with Crippen LogP contribution in [-0.4, -0.2) is 49.4 Å². The Kier molecular flexibility index (Phi) is 6.71. The molecule has 9 heteroatoms. The van der Waals surface area contributed by atoms with Gasteiger partial charge in [-0.3, -0.25) is 9.59 Å². The molecule has 1 amide bonds. The van der Waals surface area contributed by atoms with Crippen molar-refractivity contribution in [3.05, 3.63) is 29.6 Å². The van der Waals surface area contributed by atoms with Gasteiger partial charge in [0.1, 0.15) is 11.9 Å². The Morgan fingerprint density at radius 2 is 1.96 bits per heavy atom. The monoisotopic (exact) mass is 386 g/mol. The van der Waals surface area contributed by atoms with Crippen LogP contribution in [0.4, 0.5) is 4.39 Å². The van der Waals surface area contributed by atoms with Gasteiger partial charge in [0.2, 0.25) is 10.0 Å². The zero-order chi connectivity index (χ0) is 19.3. The van der Waals surface area contributed by atoms with E-state index in [1.807, 2.05) is 6.92 Å². The van der Waals surface area contributed by atoms with Gasteiger partial charge in [-0.2, -0.15) is 4.72 Å². The number of carbonyl (C=O) groups excluding carboxylic acids is 1. The van der Waals surface area contributed by atoms with Gasteiger partial charge in [0.25, 0.3) is 5.91 Å². The minimum Gasteiger partial charge on any atom is -0.480 e. The summed E-state index contributed by atoms with van der Waals surface area (Å²) in [5, 5.41) is 9.15. The van der Waals surface area contributed by atoms with Crippen molar-refractivity contribution in [1.82, 2.24) is 9.62 Å². The first-order valence-corrected chi connectivity index (χ1v) is 10.1. The van der Waals surface area contributed by atoms with Crippen LogP contribution in [0.25, 0.3) is 0 Å². The molecule has 1 aromatic rings. The third kappa shape index (κ3) is 4.79. The fraction of sp³-hybridized carbons (Fsp3) is 0.529. The summed E-state index contributed by atoms with van der Waals surface area (Å²) in [6.07, 6.45) is 3.11. The Morgan fingerprint density at radius 3 is 2.50 bits per heavy atom. The molecule has 1 heterocycles. The number of benzene rings is 1. The topological polar surface area (TPSA) is 104 Å². The van der Waals surface area contributed by atoms with Gasteiger partial charge in [0.15, 0.2) is 0 Å². The standard InChI is InChI=1S/C17H23FN2O5S/c1-2-3-6-15(17(22)23)19-26(24,25)12-7-8-13(14(18)11-12)16(21)20-9-4-5-10-20/h7-8,11,15,19H,2-6,9-10H2,1H3,(H,22,23). The number of carboxylic acid groups (broad SMARTS) is 1. The molecule has 0 aromatic heterocycles. The number of likely N-dealkylation sites (tertiary alicyclic amines) is 1. The Labute approximate surface area is 152 Å². The summed E-state index contributed by atoms with van der Waals surface area (Å²) in [5.74, 6) is -2.70. The molecule has 1 unspecified atom stereocenters. The summed E-state index contributed by atoms with van der Waals surface area (Å²) < 4.78 is 41.1. The predicted octanol–water partition coefficient (Wildman–Crippen LogP) is 1.98. The summed E-state index contributed by atoms with van der Waals surface area (Å²) in [6.45, 7) is 2.97. The number of unbranched alkanes of at least 4 members (excludes halogenated alkanes) is 1. The molecular formula is C17H23FN2O5S. The molecule has 0 radical (unpaired) electrons. The lowest BCUT2D eigenvalue weighted by Gasteiger charge is -2.17. The number of sulfonamides is 1. The van der Waals surface area contributed by atoms with Gasteiger partial charge in [-0.05, 0) is 37.5 Å². The lowest BCUT2D eigenvalue weighted by Crippen LogP contribution is -2.40. The number of hydrogen-bond donors (Lipinski definition) is 2. The summed E-state index contributed by atoms with van der Waals surface area (Å²) in [7, 11) is -4.21. The number of carbonyl (C=O) groups is 2. The number of carboxylic acids is 1. The molecule has 7 nitrogen and oxygen atoms in total. The second kappa shape index (κ2) is 8.59. The molecule has 1 aromatic carbocycles. The molecule has 26 heavy (non-hydrogen) atoms. The van der Waals surface area contributed by atoms with E-state index in [1.165, 1.54) is 4.90 Å². The molecule has 0 spiro atoms. The van der Waals surface area contributed by atoms with Gasteiger partial charge < -0.3 is 10.0 Å². The van der Waals surface area contributed by atoms with Crippen molar-refractivity contribution in [1.29, 1.82) is 0 Å². The lowest BCUT2D eigenvalue weighted by atomic mass is 10.1. The number of amides is 1. The molecule has 0 aliphatic carbocycles. The summed E-state index contributed by atoms with van der Waals surface area (Å²) >= 11 is 0. The molecule has 1 atom stereocenters. The number of nitrogens with one attached hydrogen (secondary N) is 1. The average molecular weight is 386 g/mol. The number of nitrogens with zero attached hydrogens (tertiary/aromatic N) is 1. The molecular weight excluding hydrogens is 363 g/mol. The maximum absolute atomic E-state index is 14.3. The molecule has 1 saturated heterocycles. The van der Waals surface area contributed by atoms with Gasteiger partial charge in [-0.25, -0.2) is 12.8 Å². The normalized spacial score (nSPS) is 15.8. The third-order valence-corrected chi connectivity index (χ3v) is 5.79. The van der Waals surface area contributed by atoms with Gasteiger partial charge in [-0.1, -0.05) is 19.8 Å². The quantitative estimate of drug-likeness (QED) is 0.711. The van der Waals surface area contributed by atoms with Crippen LogP contribution in [0.1, 0.15) is 49.4 Å². The van der Waals surface area contributed by atoms with Gasteiger partial charge >= 0.3 is 5.97 Å². The number of aliphatic carboxylic acids is 1. The van der Waals surface area contributed by atoms with Gasteiger partial charge in [-0.15, -0.1) is 0 Å². The molecule has 2 N–H and O–H groups in total. The number of hydrogen-bond acceptors (Lipinski definition) is 4. The smallest absolute Gasteiger partial charge is 0.321 e. The van der Waals surface area contributed by atoms with E-state index in [4.69, 9.17) is 5.11 Å². The van der Waals surface area contributed by atoms with E-state index in [2.05, 4.69) is 4.72 Å². The van der Waals surface area contributed by atoms with E-state index in [0.29, 0.717) is 25.9 Å². The largest absolute Gasteiger partial charge is 0.480 e. The second-order valence-electron chi connectivity index (χ2n) is 6.30. The predicted molar refractivity (Wildman–Crippen MR) is 92.8 cm³/mol. The minimum atomic E-state index is -4.21. The zero-order valence-electron chi connectivity index (χ0n) is 14.6. The first-order chi connectivity index (χ1) is 12.3. The van der Waals surface area contributed by atoms with Crippen LogP contribution >= 0.6 is 0 Å². The van der Waals surface area contributed by atoms with Crippen LogP contribution in [0.2, 0.25) is 0 Å². The van der Waals surface area contributed by atoms with Crippen molar-refractivity contribution < 1.29 is 27.5 Å². The van der Waals surface area contributed by atoms with Crippen LogP contribution in [0.15, 0.2) is 23.1 Å². The van der Waals surface area contributed by atoms with E-state index in [1.54, 1.807) is 0 Å². The summed E-state index contributed by atoms with van der Waals surface area (Å²) in [4.78, 5) is 24.6. The van der Waals surface area contributed by atoms with Crippen LogP contribution in [0.5, 0.6) is 0 Å². The summed E-state index contributed by atoms with van der Waals surface area (Å²) in [6, 6.07) is 1.72.